The molecule has 1 aliphatic rings. The SMILES string of the molecule is Cc1ccc(S(=O)(=O)N2CCN(Cn3nc4cc(C)c5ccccc5n4c3=S)CC2)cc1. The molecule has 1 aliphatic heterocycles. The van der Waals surface area contributed by atoms with Gasteiger partial charge in [-0.05, 0) is 55.9 Å². The van der Waals surface area contributed by atoms with E-state index >= 15 is 0 Å². The van der Waals surface area contributed by atoms with Crippen molar-refractivity contribution in [3.05, 3.63) is 70.5 Å². The Labute approximate surface area is 192 Å². The average Bonchev–Trinajstić information content (AvgIpc) is 3.09. The molecule has 0 unspecified atom stereocenters. The van der Waals surface area contributed by atoms with Crippen LogP contribution in [0.3, 0.4) is 0 Å². The number of pyridine rings is 1. The molecule has 4 aromatic rings. The smallest absolute Gasteiger partial charge is 0.243 e. The molecule has 0 amide bonds. The molecule has 0 atom stereocenters. The molecule has 9 heteroatoms. The fourth-order valence-corrected chi connectivity index (χ4v) is 5.98. The minimum Gasteiger partial charge on any atom is -0.282 e. The zero-order valence-electron chi connectivity index (χ0n) is 18.1. The van der Waals surface area contributed by atoms with E-state index < -0.39 is 10.0 Å². The lowest BCUT2D eigenvalue weighted by atomic mass is 10.1. The molecular weight excluding hydrogens is 442 g/mol. The maximum atomic E-state index is 13.0. The van der Waals surface area contributed by atoms with E-state index in [9.17, 15) is 8.42 Å². The molecule has 2 aromatic carbocycles. The number of hydrogen-bond acceptors (Lipinski definition) is 5. The van der Waals surface area contributed by atoms with Gasteiger partial charge < -0.3 is 0 Å². The molecule has 7 nitrogen and oxygen atoms in total. The second-order valence-electron chi connectivity index (χ2n) is 8.30. The molecule has 0 spiro atoms. The van der Waals surface area contributed by atoms with Gasteiger partial charge >= 0.3 is 0 Å². The molecule has 166 valence electrons. The number of rotatable bonds is 4. The number of hydrogen-bond donors (Lipinski definition) is 0. The zero-order chi connectivity index (χ0) is 22.5. The number of aryl methyl sites for hydroxylation is 2. The van der Waals surface area contributed by atoms with Crippen LogP contribution in [0.15, 0.2) is 59.5 Å². The van der Waals surface area contributed by atoms with Crippen LogP contribution < -0.4 is 0 Å². The van der Waals surface area contributed by atoms with Crippen LogP contribution in [-0.4, -0.2) is 58.0 Å². The third-order valence-electron chi connectivity index (χ3n) is 6.10. The van der Waals surface area contributed by atoms with Crippen LogP contribution in [0.25, 0.3) is 16.6 Å². The Hall–Kier alpha value is -2.59. The quantitative estimate of drug-likeness (QED) is 0.429. The molecule has 3 heterocycles. The van der Waals surface area contributed by atoms with Crippen LogP contribution in [0.2, 0.25) is 0 Å². The van der Waals surface area contributed by atoms with E-state index in [0.717, 1.165) is 27.7 Å². The van der Waals surface area contributed by atoms with Crippen molar-refractivity contribution in [2.75, 3.05) is 26.2 Å². The zero-order valence-corrected chi connectivity index (χ0v) is 19.7. The molecular formula is C23H25N5O2S2. The number of aromatic nitrogens is 3. The number of sulfonamides is 1. The first-order valence-corrected chi connectivity index (χ1v) is 12.5. The fraction of sp³-hybridized carbons (Fsp3) is 0.304. The summed E-state index contributed by atoms with van der Waals surface area (Å²) >= 11 is 5.75. The molecule has 2 aromatic heterocycles. The van der Waals surface area contributed by atoms with Crippen LogP contribution in [0, 0.1) is 18.6 Å². The Balaban J connectivity index is 1.35. The van der Waals surface area contributed by atoms with Crippen molar-refractivity contribution in [1.29, 1.82) is 0 Å². The minimum atomic E-state index is -3.47. The van der Waals surface area contributed by atoms with Crippen molar-refractivity contribution in [3.8, 4) is 0 Å². The number of nitrogens with zero attached hydrogens (tertiary/aromatic N) is 5. The van der Waals surface area contributed by atoms with Gasteiger partial charge in [-0.25, -0.2) is 13.1 Å². The van der Waals surface area contributed by atoms with Crippen LogP contribution in [0.5, 0.6) is 0 Å². The van der Waals surface area contributed by atoms with Crippen LogP contribution >= 0.6 is 12.2 Å². The second kappa shape index (κ2) is 8.08. The topological polar surface area (TPSA) is 62.9 Å². The first kappa shape index (κ1) is 21.3. The van der Waals surface area contributed by atoms with Gasteiger partial charge in [0.1, 0.15) is 0 Å². The lowest BCUT2D eigenvalue weighted by Crippen LogP contribution is -2.48. The molecule has 5 rings (SSSR count). The lowest BCUT2D eigenvalue weighted by molar-refractivity contribution is 0.145. The third-order valence-corrected chi connectivity index (χ3v) is 8.41. The van der Waals surface area contributed by atoms with Gasteiger partial charge in [-0.1, -0.05) is 35.9 Å². The molecule has 1 fully saturated rings. The summed E-state index contributed by atoms with van der Waals surface area (Å²) in [7, 11) is -3.47. The van der Waals surface area contributed by atoms with Crippen molar-refractivity contribution < 1.29 is 8.42 Å². The van der Waals surface area contributed by atoms with Crippen molar-refractivity contribution in [2.24, 2.45) is 0 Å². The largest absolute Gasteiger partial charge is 0.282 e. The van der Waals surface area contributed by atoms with Crippen molar-refractivity contribution >= 4 is 38.8 Å². The Morgan fingerprint density at radius 1 is 0.969 bits per heavy atom. The predicted octanol–water partition coefficient (Wildman–Crippen LogP) is 3.60. The van der Waals surface area contributed by atoms with Crippen molar-refractivity contribution in [1.82, 2.24) is 23.4 Å². The third kappa shape index (κ3) is 3.65. The summed E-state index contributed by atoms with van der Waals surface area (Å²) < 4.78 is 32.0. The summed E-state index contributed by atoms with van der Waals surface area (Å²) in [5.41, 5.74) is 4.08. The summed E-state index contributed by atoms with van der Waals surface area (Å²) in [6.07, 6.45) is 0. The highest BCUT2D eigenvalue weighted by Gasteiger charge is 2.28. The van der Waals surface area contributed by atoms with Gasteiger partial charge in [0, 0.05) is 31.6 Å². The van der Waals surface area contributed by atoms with Gasteiger partial charge in [-0.2, -0.15) is 9.40 Å². The molecule has 0 bridgehead atoms. The molecule has 0 aliphatic carbocycles. The Bertz CT molecular complexity index is 1460. The van der Waals surface area contributed by atoms with Crippen LogP contribution in [-0.2, 0) is 16.7 Å². The number of piperazine rings is 1. The fourth-order valence-electron chi connectivity index (χ4n) is 4.27. The van der Waals surface area contributed by atoms with Crippen molar-refractivity contribution in [3.63, 3.8) is 0 Å². The first-order chi connectivity index (χ1) is 15.3. The normalized spacial score (nSPS) is 16.2. The Morgan fingerprint density at radius 2 is 1.66 bits per heavy atom. The average molecular weight is 468 g/mol. The molecule has 0 N–H and O–H groups in total. The van der Waals surface area contributed by atoms with E-state index in [1.54, 1.807) is 16.4 Å². The van der Waals surface area contributed by atoms with Crippen molar-refractivity contribution in [2.45, 2.75) is 25.4 Å². The Morgan fingerprint density at radius 3 is 2.38 bits per heavy atom. The molecule has 0 radical (unpaired) electrons. The highest BCUT2D eigenvalue weighted by Crippen LogP contribution is 2.22. The van der Waals surface area contributed by atoms with E-state index in [0.29, 0.717) is 42.5 Å². The highest BCUT2D eigenvalue weighted by atomic mass is 32.2. The monoisotopic (exact) mass is 467 g/mol. The maximum absolute atomic E-state index is 13.0. The summed E-state index contributed by atoms with van der Waals surface area (Å²) in [4.78, 5) is 2.54. The highest BCUT2D eigenvalue weighted by molar-refractivity contribution is 7.89. The first-order valence-electron chi connectivity index (χ1n) is 10.6. The van der Waals surface area contributed by atoms with Gasteiger partial charge in [0.25, 0.3) is 0 Å². The molecule has 1 saturated heterocycles. The van der Waals surface area contributed by atoms with E-state index in [1.165, 1.54) is 0 Å². The predicted molar refractivity (Wildman–Crippen MR) is 128 cm³/mol. The standard InChI is InChI=1S/C23H25N5O2S2/c1-17-7-9-19(10-8-17)32(29,30)26-13-11-25(12-14-26)16-27-23(31)28-21-6-4-3-5-20(21)18(2)15-22(28)24-27/h3-10,15H,11-14,16H2,1-2H3. The van der Waals surface area contributed by atoms with Gasteiger partial charge in [0.15, 0.2) is 5.65 Å². The lowest BCUT2D eigenvalue weighted by Gasteiger charge is -2.33. The molecule has 32 heavy (non-hydrogen) atoms. The summed E-state index contributed by atoms with van der Waals surface area (Å²) in [6, 6.07) is 17.3. The van der Waals surface area contributed by atoms with Gasteiger partial charge in [0.2, 0.25) is 14.8 Å². The summed E-state index contributed by atoms with van der Waals surface area (Å²) in [6.45, 7) is 6.70. The van der Waals surface area contributed by atoms with Crippen LogP contribution in [0.1, 0.15) is 11.1 Å². The van der Waals surface area contributed by atoms with Gasteiger partial charge in [-0.3, -0.25) is 9.30 Å². The van der Waals surface area contributed by atoms with E-state index in [2.05, 4.69) is 30.0 Å². The number of para-hydroxylation sites is 1. The van der Waals surface area contributed by atoms with Gasteiger partial charge in [-0.15, -0.1) is 0 Å². The van der Waals surface area contributed by atoms with E-state index in [-0.39, 0.29) is 0 Å². The Kier molecular flexibility index (Phi) is 5.37. The van der Waals surface area contributed by atoms with E-state index in [1.807, 2.05) is 40.3 Å². The summed E-state index contributed by atoms with van der Waals surface area (Å²) in [5.74, 6) is 0. The maximum Gasteiger partial charge on any atom is 0.243 e. The number of benzene rings is 2. The summed E-state index contributed by atoms with van der Waals surface area (Å²) in [5, 5.41) is 5.90. The van der Waals surface area contributed by atoms with E-state index in [4.69, 9.17) is 17.3 Å². The number of fused-ring (bicyclic) bond motifs is 3. The second-order valence-corrected chi connectivity index (χ2v) is 10.6. The van der Waals surface area contributed by atoms with Crippen LogP contribution in [0.4, 0.5) is 0 Å². The molecule has 0 saturated carbocycles. The minimum absolute atomic E-state index is 0.348. The van der Waals surface area contributed by atoms with Gasteiger partial charge in [0.05, 0.1) is 17.1 Å².